The molecule has 0 amide bonds. The fourth-order valence-electron chi connectivity index (χ4n) is 3.91. The molecule has 2 heterocycles. The molecule has 0 aromatic heterocycles. The lowest BCUT2D eigenvalue weighted by Gasteiger charge is -2.39. The molecule has 0 aromatic carbocycles. The van der Waals surface area contributed by atoms with Crippen molar-refractivity contribution in [3.05, 3.63) is 12.2 Å². The average molecular weight is 194 g/mol. The molecule has 7 atom stereocenters. The third-order valence-corrected chi connectivity index (χ3v) is 4.42. The van der Waals surface area contributed by atoms with Gasteiger partial charge in [-0.1, -0.05) is 12.2 Å². The molecule has 3 heteroatoms. The predicted molar refractivity (Wildman–Crippen MR) is 48.3 cm³/mol. The van der Waals surface area contributed by atoms with Crippen molar-refractivity contribution >= 4 is 0 Å². The number of hydrogen-bond donors (Lipinski definition) is 1. The van der Waals surface area contributed by atoms with Crippen molar-refractivity contribution < 1.29 is 14.6 Å². The Bertz CT molecular complexity index is 289. The standard InChI is InChI=1S/C11H14O3/c12-10-9-6-2-1-5(3-6)8(9)7-4-13-11(10)14-7/h1-2,5-12H,3-4H2/t5-,6+,7?,8?,9?,10-,11?/m0/s1. The first-order chi connectivity index (χ1) is 6.84. The van der Waals surface area contributed by atoms with Crippen LogP contribution in [-0.2, 0) is 9.47 Å². The number of aliphatic hydroxyl groups is 1. The van der Waals surface area contributed by atoms with Crippen LogP contribution in [0.25, 0.3) is 0 Å². The van der Waals surface area contributed by atoms with Crippen LogP contribution in [0.4, 0.5) is 0 Å². The fraction of sp³-hybridized carbons (Fsp3) is 0.818. The second-order valence-electron chi connectivity index (χ2n) is 4.97. The molecule has 14 heavy (non-hydrogen) atoms. The van der Waals surface area contributed by atoms with E-state index in [4.69, 9.17) is 9.47 Å². The van der Waals surface area contributed by atoms with E-state index in [1.165, 1.54) is 6.42 Å². The highest BCUT2D eigenvalue weighted by Crippen LogP contribution is 2.55. The lowest BCUT2D eigenvalue weighted by atomic mass is 9.75. The van der Waals surface area contributed by atoms with E-state index in [2.05, 4.69) is 12.2 Å². The number of hydrogen-bond acceptors (Lipinski definition) is 3. The summed E-state index contributed by atoms with van der Waals surface area (Å²) in [6, 6.07) is 0. The molecule has 4 rings (SSSR count). The minimum absolute atomic E-state index is 0.244. The lowest BCUT2D eigenvalue weighted by molar-refractivity contribution is -0.195. The van der Waals surface area contributed by atoms with Crippen molar-refractivity contribution in [3.63, 3.8) is 0 Å². The summed E-state index contributed by atoms with van der Waals surface area (Å²) >= 11 is 0. The molecule has 2 aliphatic carbocycles. The summed E-state index contributed by atoms with van der Waals surface area (Å²) in [6.07, 6.45) is 5.31. The van der Waals surface area contributed by atoms with Gasteiger partial charge in [-0.15, -0.1) is 0 Å². The Labute approximate surface area is 82.7 Å². The molecule has 3 fully saturated rings. The van der Waals surface area contributed by atoms with Crippen LogP contribution in [0.5, 0.6) is 0 Å². The molecule has 1 N–H and O–H groups in total. The van der Waals surface area contributed by atoms with E-state index in [-0.39, 0.29) is 12.4 Å². The molecule has 4 bridgehead atoms. The molecule has 0 aromatic rings. The van der Waals surface area contributed by atoms with Crippen LogP contribution < -0.4 is 0 Å². The summed E-state index contributed by atoms with van der Waals surface area (Å²) in [5, 5.41) is 10.1. The van der Waals surface area contributed by atoms with Gasteiger partial charge in [-0.25, -0.2) is 0 Å². The third-order valence-electron chi connectivity index (χ3n) is 4.42. The van der Waals surface area contributed by atoms with Crippen LogP contribution in [0.1, 0.15) is 6.42 Å². The molecule has 2 saturated heterocycles. The quantitative estimate of drug-likeness (QED) is 0.572. The van der Waals surface area contributed by atoms with Crippen LogP contribution in [0.15, 0.2) is 12.2 Å². The fourth-order valence-corrected chi connectivity index (χ4v) is 3.91. The maximum absolute atomic E-state index is 10.1. The molecule has 0 radical (unpaired) electrons. The van der Waals surface area contributed by atoms with Gasteiger partial charge in [-0.2, -0.15) is 0 Å². The molecule has 4 aliphatic rings. The van der Waals surface area contributed by atoms with Crippen LogP contribution in [0.2, 0.25) is 0 Å². The Morgan fingerprint density at radius 1 is 1.14 bits per heavy atom. The summed E-state index contributed by atoms with van der Waals surface area (Å²) in [5.74, 6) is 2.12. The second-order valence-corrected chi connectivity index (χ2v) is 4.97. The molecule has 76 valence electrons. The molecule has 0 spiro atoms. The van der Waals surface area contributed by atoms with Crippen molar-refractivity contribution in [1.82, 2.24) is 0 Å². The zero-order valence-electron chi connectivity index (χ0n) is 7.87. The van der Waals surface area contributed by atoms with Crippen LogP contribution in [0.3, 0.4) is 0 Å². The summed E-state index contributed by atoms with van der Waals surface area (Å²) in [4.78, 5) is 0. The Morgan fingerprint density at radius 3 is 2.79 bits per heavy atom. The van der Waals surface area contributed by atoms with Gasteiger partial charge >= 0.3 is 0 Å². The number of ether oxygens (including phenoxy) is 2. The second kappa shape index (κ2) is 2.40. The smallest absolute Gasteiger partial charge is 0.184 e. The highest BCUT2D eigenvalue weighted by molar-refractivity contribution is 5.18. The molecular weight excluding hydrogens is 180 g/mol. The van der Waals surface area contributed by atoms with E-state index in [9.17, 15) is 5.11 Å². The van der Waals surface area contributed by atoms with Gasteiger partial charge in [0.05, 0.1) is 12.7 Å². The van der Waals surface area contributed by atoms with Gasteiger partial charge < -0.3 is 14.6 Å². The van der Waals surface area contributed by atoms with Gasteiger partial charge in [0.1, 0.15) is 6.10 Å². The van der Waals surface area contributed by atoms with Crippen LogP contribution in [-0.4, -0.2) is 30.2 Å². The van der Waals surface area contributed by atoms with Gasteiger partial charge in [0.25, 0.3) is 0 Å². The van der Waals surface area contributed by atoms with Crippen LogP contribution >= 0.6 is 0 Å². The van der Waals surface area contributed by atoms with Crippen molar-refractivity contribution in [2.75, 3.05) is 6.61 Å². The van der Waals surface area contributed by atoms with Gasteiger partial charge in [0.2, 0.25) is 0 Å². The highest BCUT2D eigenvalue weighted by Gasteiger charge is 2.59. The minimum atomic E-state index is -0.404. The summed E-state index contributed by atoms with van der Waals surface area (Å²) in [7, 11) is 0. The van der Waals surface area contributed by atoms with E-state index in [0.29, 0.717) is 30.3 Å². The molecule has 4 unspecified atom stereocenters. The third kappa shape index (κ3) is 0.757. The number of allylic oxidation sites excluding steroid dienone is 2. The van der Waals surface area contributed by atoms with E-state index in [1.807, 2.05) is 0 Å². The number of aliphatic hydroxyl groups excluding tert-OH is 1. The molecule has 2 aliphatic heterocycles. The monoisotopic (exact) mass is 194 g/mol. The first-order valence-electron chi connectivity index (χ1n) is 5.48. The van der Waals surface area contributed by atoms with E-state index >= 15 is 0 Å². The van der Waals surface area contributed by atoms with Crippen molar-refractivity contribution in [3.8, 4) is 0 Å². The van der Waals surface area contributed by atoms with Gasteiger partial charge in [0, 0.05) is 5.92 Å². The highest BCUT2D eigenvalue weighted by atomic mass is 16.7. The van der Waals surface area contributed by atoms with E-state index < -0.39 is 6.10 Å². The summed E-state index contributed by atoms with van der Waals surface area (Å²) < 4.78 is 11.1. The average Bonchev–Trinajstić information content (AvgIpc) is 2.89. The van der Waals surface area contributed by atoms with E-state index in [0.717, 1.165) is 0 Å². The Kier molecular flexibility index (Phi) is 1.35. The SMILES string of the molecule is O[C@@H]1C2OCC(O2)C2C1[C@@H]1C=C[C@H]2C1. The zero-order chi connectivity index (χ0) is 9.28. The van der Waals surface area contributed by atoms with E-state index in [1.54, 1.807) is 0 Å². The molecule has 3 nitrogen and oxygen atoms in total. The molecular formula is C11H14O3. The van der Waals surface area contributed by atoms with Crippen molar-refractivity contribution in [2.24, 2.45) is 23.7 Å². The van der Waals surface area contributed by atoms with Crippen molar-refractivity contribution in [2.45, 2.75) is 24.9 Å². The number of fused-ring (bicyclic) bond motifs is 8. The minimum Gasteiger partial charge on any atom is -0.388 e. The largest absolute Gasteiger partial charge is 0.388 e. The summed E-state index contributed by atoms with van der Waals surface area (Å²) in [6.45, 7) is 0.681. The maximum atomic E-state index is 10.1. The first kappa shape index (κ1) is 7.85. The predicted octanol–water partition coefficient (Wildman–Crippen LogP) is 0.541. The normalized spacial score (nSPS) is 63.4. The Hall–Kier alpha value is -0.380. The molecule has 1 saturated carbocycles. The first-order valence-corrected chi connectivity index (χ1v) is 5.48. The zero-order valence-corrected chi connectivity index (χ0v) is 7.87. The lowest BCUT2D eigenvalue weighted by Crippen LogP contribution is -2.48. The van der Waals surface area contributed by atoms with Gasteiger partial charge in [0.15, 0.2) is 6.29 Å². The van der Waals surface area contributed by atoms with Gasteiger partial charge in [-0.3, -0.25) is 0 Å². The summed E-state index contributed by atoms with van der Waals surface area (Å²) in [5.41, 5.74) is 0. The maximum Gasteiger partial charge on any atom is 0.184 e. The van der Waals surface area contributed by atoms with Crippen molar-refractivity contribution in [1.29, 1.82) is 0 Å². The topological polar surface area (TPSA) is 38.7 Å². The van der Waals surface area contributed by atoms with Crippen LogP contribution in [0, 0.1) is 23.7 Å². The van der Waals surface area contributed by atoms with Gasteiger partial charge in [-0.05, 0) is 24.2 Å². The Balaban J connectivity index is 1.78. The number of rotatable bonds is 0. The Morgan fingerprint density at radius 2 is 1.93 bits per heavy atom.